The van der Waals surface area contributed by atoms with Gasteiger partial charge in [-0.15, -0.1) is 12.4 Å². The maximum atomic E-state index is 12.6. The first-order valence-electron chi connectivity index (χ1n) is 10.3. The minimum absolute atomic E-state index is 0. The van der Waals surface area contributed by atoms with Gasteiger partial charge in [0.05, 0.1) is 17.3 Å². The van der Waals surface area contributed by atoms with Crippen molar-refractivity contribution in [2.24, 2.45) is 5.73 Å². The van der Waals surface area contributed by atoms with Crippen molar-refractivity contribution in [2.75, 3.05) is 6.54 Å². The van der Waals surface area contributed by atoms with E-state index in [4.69, 9.17) is 17.3 Å². The number of benzene rings is 2. The van der Waals surface area contributed by atoms with Crippen LogP contribution in [0.25, 0.3) is 11.3 Å². The number of rotatable bonds is 5. The number of hydrogen-bond acceptors (Lipinski definition) is 4. The average Bonchev–Trinajstić information content (AvgIpc) is 2.79. The van der Waals surface area contributed by atoms with Crippen LogP contribution in [0.2, 0.25) is 5.02 Å². The van der Waals surface area contributed by atoms with Crippen LogP contribution in [-0.2, 0) is 5.41 Å². The highest BCUT2D eigenvalue weighted by atomic mass is 35.5. The second-order valence-corrected chi connectivity index (χ2v) is 8.55. The SMILES string of the molecule is Cl.NC[C@]1(c2cccc(Cl)c2)CC[C@H](n2nc(-c3cccc(C(=O)O)c3)ccc2=O)CC1. The smallest absolute Gasteiger partial charge is 0.335 e. The number of halogens is 2. The molecule has 0 aliphatic heterocycles. The number of aromatic carboxylic acids is 1. The van der Waals surface area contributed by atoms with Gasteiger partial charge in [-0.25, -0.2) is 9.48 Å². The summed E-state index contributed by atoms with van der Waals surface area (Å²) < 4.78 is 1.54. The van der Waals surface area contributed by atoms with E-state index in [-0.39, 0.29) is 35.0 Å². The molecule has 1 heterocycles. The maximum Gasteiger partial charge on any atom is 0.335 e. The largest absolute Gasteiger partial charge is 0.478 e. The van der Waals surface area contributed by atoms with Gasteiger partial charge in [0.1, 0.15) is 0 Å². The lowest BCUT2D eigenvalue weighted by atomic mass is 9.68. The summed E-state index contributed by atoms with van der Waals surface area (Å²) in [5, 5.41) is 14.5. The molecule has 0 spiro atoms. The van der Waals surface area contributed by atoms with Crippen molar-refractivity contribution in [3.05, 3.63) is 87.2 Å². The number of aromatic nitrogens is 2. The Morgan fingerprint density at radius 1 is 1.12 bits per heavy atom. The second kappa shape index (κ2) is 9.86. The number of carbonyl (C=O) groups is 1. The quantitative estimate of drug-likeness (QED) is 0.559. The molecule has 1 aliphatic carbocycles. The van der Waals surface area contributed by atoms with Crippen LogP contribution in [0, 0.1) is 0 Å². The van der Waals surface area contributed by atoms with Gasteiger partial charge in [0, 0.05) is 28.6 Å². The number of hydrogen-bond donors (Lipinski definition) is 2. The summed E-state index contributed by atoms with van der Waals surface area (Å²) in [5.41, 5.74) is 8.45. The van der Waals surface area contributed by atoms with Gasteiger partial charge in [0.25, 0.3) is 5.56 Å². The van der Waals surface area contributed by atoms with Crippen molar-refractivity contribution < 1.29 is 9.90 Å². The van der Waals surface area contributed by atoms with Gasteiger partial charge in [-0.3, -0.25) is 4.79 Å². The molecule has 1 saturated carbocycles. The zero-order chi connectivity index (χ0) is 22.0. The van der Waals surface area contributed by atoms with E-state index >= 15 is 0 Å². The molecule has 3 aromatic rings. The molecule has 6 nitrogen and oxygen atoms in total. The van der Waals surface area contributed by atoms with Gasteiger partial charge in [0.15, 0.2) is 0 Å². The zero-order valence-corrected chi connectivity index (χ0v) is 19.0. The van der Waals surface area contributed by atoms with Crippen LogP contribution in [0.4, 0.5) is 0 Å². The van der Waals surface area contributed by atoms with E-state index in [0.717, 1.165) is 31.2 Å². The average molecular weight is 474 g/mol. The molecule has 168 valence electrons. The minimum atomic E-state index is -0.999. The summed E-state index contributed by atoms with van der Waals surface area (Å²) in [7, 11) is 0. The first kappa shape index (κ1) is 24.0. The number of nitrogens with two attached hydrogens (primary N) is 1. The standard InChI is InChI=1S/C24H24ClN3O3.ClH/c25-19-6-2-5-18(14-19)24(15-26)11-9-20(10-12-24)28-22(29)8-7-21(27-28)16-3-1-4-17(13-16)23(30)31;/h1-8,13-14,20H,9-12,15,26H2,(H,30,31);1H/t20-,24-;. The maximum absolute atomic E-state index is 12.6. The van der Waals surface area contributed by atoms with E-state index < -0.39 is 5.97 Å². The Morgan fingerprint density at radius 3 is 2.50 bits per heavy atom. The van der Waals surface area contributed by atoms with Crippen LogP contribution in [0.15, 0.2) is 65.5 Å². The molecule has 1 aliphatic rings. The molecule has 2 aromatic carbocycles. The Bertz CT molecular complexity index is 1170. The van der Waals surface area contributed by atoms with E-state index in [1.807, 2.05) is 18.2 Å². The summed E-state index contributed by atoms with van der Waals surface area (Å²) in [6, 6.07) is 17.5. The third-order valence-corrected chi connectivity index (χ3v) is 6.55. The second-order valence-electron chi connectivity index (χ2n) is 8.11. The van der Waals surface area contributed by atoms with E-state index in [0.29, 0.717) is 22.8 Å². The van der Waals surface area contributed by atoms with Crippen molar-refractivity contribution in [1.82, 2.24) is 9.78 Å². The van der Waals surface area contributed by atoms with Crippen molar-refractivity contribution in [1.29, 1.82) is 0 Å². The molecule has 3 N–H and O–H groups in total. The van der Waals surface area contributed by atoms with Crippen LogP contribution in [0.5, 0.6) is 0 Å². The lowest BCUT2D eigenvalue weighted by Crippen LogP contribution is -2.41. The molecule has 0 unspecified atom stereocenters. The number of carboxylic acids is 1. The van der Waals surface area contributed by atoms with Crippen molar-refractivity contribution in [3.63, 3.8) is 0 Å². The van der Waals surface area contributed by atoms with Gasteiger partial charge in [-0.05, 0) is 61.6 Å². The van der Waals surface area contributed by atoms with Crippen LogP contribution in [-0.4, -0.2) is 27.4 Å². The minimum Gasteiger partial charge on any atom is -0.478 e. The molecular weight excluding hydrogens is 449 g/mol. The van der Waals surface area contributed by atoms with Gasteiger partial charge in [0.2, 0.25) is 0 Å². The molecule has 0 amide bonds. The monoisotopic (exact) mass is 473 g/mol. The Morgan fingerprint density at radius 2 is 1.84 bits per heavy atom. The molecule has 0 bridgehead atoms. The number of carboxylic acid groups (broad SMARTS) is 1. The zero-order valence-electron chi connectivity index (χ0n) is 17.4. The highest BCUT2D eigenvalue weighted by molar-refractivity contribution is 6.30. The van der Waals surface area contributed by atoms with Crippen LogP contribution in [0.1, 0.15) is 47.6 Å². The summed E-state index contributed by atoms with van der Waals surface area (Å²) in [5.74, 6) is -0.999. The third-order valence-electron chi connectivity index (χ3n) is 6.32. The summed E-state index contributed by atoms with van der Waals surface area (Å²) in [6.07, 6.45) is 3.22. The molecular formula is C24H25Cl2N3O3. The predicted molar refractivity (Wildman–Crippen MR) is 128 cm³/mol. The van der Waals surface area contributed by atoms with Crippen LogP contribution >= 0.6 is 24.0 Å². The Hall–Kier alpha value is -2.67. The van der Waals surface area contributed by atoms with E-state index in [1.165, 1.54) is 12.1 Å². The van der Waals surface area contributed by atoms with Crippen molar-refractivity contribution >= 4 is 30.0 Å². The first-order valence-corrected chi connectivity index (χ1v) is 10.7. The van der Waals surface area contributed by atoms with Crippen LogP contribution < -0.4 is 11.3 Å². The van der Waals surface area contributed by atoms with Crippen molar-refractivity contribution in [3.8, 4) is 11.3 Å². The fraction of sp³-hybridized carbons (Fsp3) is 0.292. The fourth-order valence-corrected chi connectivity index (χ4v) is 4.67. The lowest BCUT2D eigenvalue weighted by molar-refractivity contribution is 0.0697. The fourth-order valence-electron chi connectivity index (χ4n) is 4.48. The van der Waals surface area contributed by atoms with Crippen molar-refractivity contribution in [2.45, 2.75) is 37.1 Å². The first-order chi connectivity index (χ1) is 14.9. The van der Waals surface area contributed by atoms with Crippen LogP contribution in [0.3, 0.4) is 0 Å². The molecule has 1 aromatic heterocycles. The molecule has 0 saturated heterocycles. The molecule has 0 atom stereocenters. The lowest BCUT2D eigenvalue weighted by Gasteiger charge is -2.40. The highest BCUT2D eigenvalue weighted by Crippen LogP contribution is 2.42. The number of nitrogens with zero attached hydrogens (tertiary/aromatic N) is 2. The Balaban J connectivity index is 0.00000289. The Kier molecular flexibility index (Phi) is 7.39. The van der Waals surface area contributed by atoms with Gasteiger partial charge < -0.3 is 10.8 Å². The summed E-state index contributed by atoms with van der Waals surface area (Å²) in [6.45, 7) is 0.518. The third kappa shape index (κ3) is 4.72. The van der Waals surface area contributed by atoms with E-state index in [1.54, 1.807) is 28.9 Å². The summed E-state index contributed by atoms with van der Waals surface area (Å²) in [4.78, 5) is 23.9. The molecule has 8 heteroatoms. The highest BCUT2D eigenvalue weighted by Gasteiger charge is 2.37. The molecule has 1 fully saturated rings. The van der Waals surface area contributed by atoms with E-state index in [2.05, 4.69) is 11.2 Å². The van der Waals surface area contributed by atoms with Gasteiger partial charge in [-0.2, -0.15) is 5.10 Å². The Labute approximate surface area is 197 Å². The predicted octanol–water partition coefficient (Wildman–Crippen LogP) is 4.70. The summed E-state index contributed by atoms with van der Waals surface area (Å²) >= 11 is 6.20. The molecule has 32 heavy (non-hydrogen) atoms. The van der Waals surface area contributed by atoms with Gasteiger partial charge >= 0.3 is 5.97 Å². The van der Waals surface area contributed by atoms with E-state index in [9.17, 15) is 14.7 Å². The van der Waals surface area contributed by atoms with Gasteiger partial charge in [-0.1, -0.05) is 35.9 Å². The molecule has 0 radical (unpaired) electrons. The molecule has 4 rings (SSSR count). The topological polar surface area (TPSA) is 98.2 Å². The normalized spacial score (nSPS) is 20.4.